The molecule has 1 aromatic carbocycles. The number of hydrogen-bond acceptors (Lipinski definition) is 5. The van der Waals surface area contributed by atoms with Gasteiger partial charge in [0, 0.05) is 17.7 Å². The zero-order valence-electron chi connectivity index (χ0n) is 12.2. The molecule has 0 saturated heterocycles. The van der Waals surface area contributed by atoms with Crippen molar-refractivity contribution < 1.29 is 14.4 Å². The smallest absolute Gasteiger partial charge is 0.257 e. The number of aromatic nitrogens is 2. The number of benzene rings is 1. The first-order valence-electron chi connectivity index (χ1n) is 6.97. The first-order chi connectivity index (χ1) is 10.1. The third-order valence-corrected chi connectivity index (χ3v) is 3.04. The molecule has 0 aliphatic rings. The van der Waals surface area contributed by atoms with E-state index in [1.54, 1.807) is 31.2 Å². The predicted molar refractivity (Wildman–Crippen MR) is 77.7 cm³/mol. The van der Waals surface area contributed by atoms with Crippen molar-refractivity contribution in [1.29, 1.82) is 0 Å². The molecule has 1 heterocycles. The van der Waals surface area contributed by atoms with Gasteiger partial charge in [0.2, 0.25) is 0 Å². The second-order valence-corrected chi connectivity index (χ2v) is 4.88. The Morgan fingerprint density at radius 3 is 2.67 bits per heavy atom. The van der Waals surface area contributed by atoms with Crippen LogP contribution in [0.5, 0.6) is 0 Å². The third kappa shape index (κ3) is 4.13. The van der Waals surface area contributed by atoms with Crippen LogP contribution in [0, 0.1) is 6.92 Å². The molecular formula is C15H19N3O3. The third-order valence-electron chi connectivity index (χ3n) is 3.04. The molecule has 0 bridgehead atoms. The van der Waals surface area contributed by atoms with Crippen molar-refractivity contribution >= 4 is 5.91 Å². The van der Waals surface area contributed by atoms with E-state index in [0.717, 1.165) is 12.0 Å². The highest BCUT2D eigenvalue weighted by Gasteiger charge is 2.10. The average Bonchev–Trinajstić information content (AvgIpc) is 2.92. The van der Waals surface area contributed by atoms with Crippen LogP contribution in [0.25, 0.3) is 11.5 Å². The van der Waals surface area contributed by atoms with Gasteiger partial charge < -0.3 is 14.9 Å². The number of aliphatic hydroxyl groups excluding tert-OH is 1. The van der Waals surface area contributed by atoms with Crippen LogP contribution in [0.3, 0.4) is 0 Å². The molecule has 6 nitrogen and oxygen atoms in total. The van der Waals surface area contributed by atoms with E-state index in [4.69, 9.17) is 4.52 Å². The number of carbonyl (C=O) groups excluding carboxylic acids is 1. The largest absolute Gasteiger partial charge is 0.391 e. The van der Waals surface area contributed by atoms with Crippen LogP contribution in [0.1, 0.15) is 35.9 Å². The Balaban J connectivity index is 1.97. The Kier molecular flexibility index (Phi) is 5.05. The molecule has 0 aliphatic carbocycles. The van der Waals surface area contributed by atoms with Crippen molar-refractivity contribution in [3.8, 4) is 11.5 Å². The molecular weight excluding hydrogens is 270 g/mol. The van der Waals surface area contributed by atoms with Gasteiger partial charge in [0.1, 0.15) is 0 Å². The molecule has 112 valence electrons. The summed E-state index contributed by atoms with van der Waals surface area (Å²) in [5.41, 5.74) is 1.29. The summed E-state index contributed by atoms with van der Waals surface area (Å²) >= 11 is 0. The minimum Gasteiger partial charge on any atom is -0.391 e. The van der Waals surface area contributed by atoms with Gasteiger partial charge in [0.05, 0.1) is 6.10 Å². The predicted octanol–water partition coefficient (Wildman–Crippen LogP) is 1.94. The van der Waals surface area contributed by atoms with Gasteiger partial charge in [-0.05, 0) is 37.6 Å². The Morgan fingerprint density at radius 1 is 1.38 bits per heavy atom. The Bertz CT molecular complexity index is 592. The fourth-order valence-corrected chi connectivity index (χ4v) is 1.93. The number of nitrogens with zero attached hydrogens (tertiary/aromatic N) is 2. The van der Waals surface area contributed by atoms with Gasteiger partial charge in [-0.25, -0.2) is 0 Å². The summed E-state index contributed by atoms with van der Waals surface area (Å²) in [5, 5.41) is 16.0. The minimum atomic E-state index is -0.500. The van der Waals surface area contributed by atoms with E-state index in [2.05, 4.69) is 15.5 Å². The highest BCUT2D eigenvalue weighted by molar-refractivity contribution is 5.94. The second kappa shape index (κ2) is 6.99. The van der Waals surface area contributed by atoms with Gasteiger partial charge in [-0.2, -0.15) is 4.98 Å². The zero-order chi connectivity index (χ0) is 15.2. The normalized spacial score (nSPS) is 12.1. The molecule has 1 amide bonds. The van der Waals surface area contributed by atoms with Crippen molar-refractivity contribution in [3.63, 3.8) is 0 Å². The SMILES string of the molecule is CCCC(O)CNC(=O)c1ccc(-c2nc(C)no2)cc1. The van der Waals surface area contributed by atoms with E-state index in [1.807, 2.05) is 6.92 Å². The minimum absolute atomic E-state index is 0.210. The summed E-state index contributed by atoms with van der Waals surface area (Å²) < 4.78 is 5.06. The molecule has 1 atom stereocenters. The number of carbonyl (C=O) groups is 1. The lowest BCUT2D eigenvalue weighted by Crippen LogP contribution is -2.31. The molecule has 0 aliphatic heterocycles. The Labute approximate surface area is 123 Å². The molecule has 0 fully saturated rings. The van der Waals surface area contributed by atoms with Gasteiger partial charge >= 0.3 is 0 Å². The van der Waals surface area contributed by atoms with Crippen molar-refractivity contribution in [2.24, 2.45) is 0 Å². The van der Waals surface area contributed by atoms with Gasteiger partial charge in [-0.3, -0.25) is 4.79 Å². The van der Waals surface area contributed by atoms with E-state index in [0.29, 0.717) is 23.7 Å². The fraction of sp³-hybridized carbons (Fsp3) is 0.400. The number of amides is 1. The molecule has 2 aromatic rings. The second-order valence-electron chi connectivity index (χ2n) is 4.88. The van der Waals surface area contributed by atoms with Crippen molar-refractivity contribution in [1.82, 2.24) is 15.5 Å². The van der Waals surface area contributed by atoms with Gasteiger partial charge in [0.15, 0.2) is 5.82 Å². The highest BCUT2D eigenvalue weighted by atomic mass is 16.5. The lowest BCUT2D eigenvalue weighted by Gasteiger charge is -2.10. The van der Waals surface area contributed by atoms with Crippen LogP contribution < -0.4 is 5.32 Å². The molecule has 21 heavy (non-hydrogen) atoms. The molecule has 2 N–H and O–H groups in total. The maximum absolute atomic E-state index is 11.9. The Hall–Kier alpha value is -2.21. The molecule has 1 unspecified atom stereocenters. The molecule has 6 heteroatoms. The highest BCUT2D eigenvalue weighted by Crippen LogP contribution is 2.17. The monoisotopic (exact) mass is 289 g/mol. The van der Waals surface area contributed by atoms with Gasteiger partial charge in [0.25, 0.3) is 11.8 Å². The number of aryl methyl sites for hydroxylation is 1. The Morgan fingerprint density at radius 2 is 2.10 bits per heavy atom. The first-order valence-corrected chi connectivity index (χ1v) is 6.97. The lowest BCUT2D eigenvalue weighted by atomic mass is 10.1. The van der Waals surface area contributed by atoms with Crippen molar-refractivity contribution in [2.45, 2.75) is 32.8 Å². The summed E-state index contributed by atoms with van der Waals surface area (Å²) in [7, 11) is 0. The quantitative estimate of drug-likeness (QED) is 0.848. The van der Waals surface area contributed by atoms with Crippen molar-refractivity contribution in [2.75, 3.05) is 6.54 Å². The van der Waals surface area contributed by atoms with Gasteiger partial charge in [-0.15, -0.1) is 0 Å². The van der Waals surface area contributed by atoms with E-state index < -0.39 is 6.10 Å². The van der Waals surface area contributed by atoms with Crippen LogP contribution in [0.4, 0.5) is 0 Å². The lowest BCUT2D eigenvalue weighted by molar-refractivity contribution is 0.0910. The van der Waals surface area contributed by atoms with Gasteiger partial charge in [-0.1, -0.05) is 18.5 Å². The molecule has 0 radical (unpaired) electrons. The summed E-state index contributed by atoms with van der Waals surface area (Å²) in [6.07, 6.45) is 1.06. The zero-order valence-corrected chi connectivity index (χ0v) is 12.2. The molecule has 0 saturated carbocycles. The summed E-state index contributed by atoms with van der Waals surface area (Å²) in [6.45, 7) is 4.00. The standard InChI is InChI=1S/C15H19N3O3/c1-3-4-13(19)9-16-14(20)11-5-7-12(8-6-11)15-17-10(2)18-21-15/h5-8,13,19H,3-4,9H2,1-2H3,(H,16,20). The summed E-state index contributed by atoms with van der Waals surface area (Å²) in [6, 6.07) is 6.89. The molecule has 0 spiro atoms. The van der Waals surface area contributed by atoms with Crippen LogP contribution in [-0.2, 0) is 0 Å². The van der Waals surface area contributed by atoms with E-state index in [1.165, 1.54) is 0 Å². The summed E-state index contributed by atoms with van der Waals surface area (Å²) in [4.78, 5) is 16.1. The molecule has 1 aromatic heterocycles. The fourth-order valence-electron chi connectivity index (χ4n) is 1.93. The number of aliphatic hydroxyl groups is 1. The van der Waals surface area contributed by atoms with Crippen LogP contribution in [0.2, 0.25) is 0 Å². The average molecular weight is 289 g/mol. The molecule has 2 rings (SSSR count). The van der Waals surface area contributed by atoms with E-state index >= 15 is 0 Å². The number of hydrogen-bond donors (Lipinski definition) is 2. The maximum Gasteiger partial charge on any atom is 0.257 e. The van der Waals surface area contributed by atoms with E-state index in [9.17, 15) is 9.90 Å². The topological polar surface area (TPSA) is 88.2 Å². The van der Waals surface area contributed by atoms with Crippen LogP contribution >= 0.6 is 0 Å². The van der Waals surface area contributed by atoms with Crippen LogP contribution in [0.15, 0.2) is 28.8 Å². The maximum atomic E-state index is 11.9. The first kappa shape index (κ1) is 15.2. The van der Waals surface area contributed by atoms with E-state index in [-0.39, 0.29) is 12.5 Å². The summed E-state index contributed by atoms with van der Waals surface area (Å²) in [5.74, 6) is 0.785. The van der Waals surface area contributed by atoms with Crippen LogP contribution in [-0.4, -0.2) is 33.8 Å². The number of nitrogens with one attached hydrogen (secondary N) is 1. The van der Waals surface area contributed by atoms with Crippen molar-refractivity contribution in [3.05, 3.63) is 35.7 Å². The number of rotatable bonds is 6.